The molecule has 0 amide bonds. The molecule has 0 bridgehead atoms. The Morgan fingerprint density at radius 1 is 1.47 bits per heavy atom. The quantitative estimate of drug-likeness (QED) is 0.876. The van der Waals surface area contributed by atoms with Gasteiger partial charge in [0.2, 0.25) is 0 Å². The summed E-state index contributed by atoms with van der Waals surface area (Å²) in [5.41, 5.74) is 7.30. The minimum atomic E-state index is 0.175. The van der Waals surface area contributed by atoms with Gasteiger partial charge in [0.15, 0.2) is 5.13 Å². The average molecular weight is 253 g/mol. The fourth-order valence-corrected chi connectivity index (χ4v) is 3.57. The third-order valence-corrected chi connectivity index (χ3v) is 4.61. The lowest BCUT2D eigenvalue weighted by Crippen LogP contribution is -2.24. The van der Waals surface area contributed by atoms with Crippen LogP contribution in [0.15, 0.2) is 0 Å². The minimum Gasteiger partial charge on any atom is -0.348 e. The van der Waals surface area contributed by atoms with Crippen molar-refractivity contribution < 1.29 is 0 Å². The lowest BCUT2D eigenvalue weighted by atomic mass is 9.99. The Kier molecular flexibility index (Phi) is 4.40. The van der Waals surface area contributed by atoms with Gasteiger partial charge in [-0.25, -0.2) is 4.98 Å². The van der Waals surface area contributed by atoms with Crippen molar-refractivity contribution in [2.45, 2.75) is 52.0 Å². The molecule has 0 fully saturated rings. The van der Waals surface area contributed by atoms with E-state index in [1.165, 1.54) is 41.4 Å². The fourth-order valence-electron chi connectivity index (χ4n) is 2.31. The number of hydrogen-bond donors (Lipinski definition) is 1. The van der Waals surface area contributed by atoms with Gasteiger partial charge >= 0.3 is 0 Å². The smallest absolute Gasteiger partial charge is 0.185 e. The maximum atomic E-state index is 6.13. The number of hydrogen-bond acceptors (Lipinski definition) is 4. The van der Waals surface area contributed by atoms with E-state index in [1.807, 2.05) is 11.3 Å². The van der Waals surface area contributed by atoms with Gasteiger partial charge in [-0.3, -0.25) is 0 Å². The molecule has 0 saturated carbocycles. The van der Waals surface area contributed by atoms with E-state index in [0.29, 0.717) is 0 Å². The predicted molar refractivity (Wildman–Crippen MR) is 74.8 cm³/mol. The Bertz CT molecular complexity index is 362. The van der Waals surface area contributed by atoms with Gasteiger partial charge in [0.05, 0.1) is 5.69 Å². The van der Waals surface area contributed by atoms with Crippen molar-refractivity contribution in [2.24, 2.45) is 5.73 Å². The van der Waals surface area contributed by atoms with Crippen LogP contribution in [0, 0.1) is 0 Å². The highest BCUT2D eigenvalue weighted by atomic mass is 32.1. The second kappa shape index (κ2) is 5.83. The highest BCUT2D eigenvalue weighted by molar-refractivity contribution is 7.15. The van der Waals surface area contributed by atoms with E-state index in [4.69, 9.17) is 10.7 Å². The lowest BCUT2D eigenvalue weighted by molar-refractivity contribution is 0.563. The molecule has 1 aromatic heterocycles. The summed E-state index contributed by atoms with van der Waals surface area (Å²) in [6.07, 6.45) is 5.96. The molecule has 17 heavy (non-hydrogen) atoms. The molecule has 1 aliphatic carbocycles. The van der Waals surface area contributed by atoms with Crippen LogP contribution in [0.2, 0.25) is 0 Å². The van der Waals surface area contributed by atoms with Crippen molar-refractivity contribution in [3.05, 3.63) is 10.6 Å². The Labute approximate surface area is 108 Å². The summed E-state index contributed by atoms with van der Waals surface area (Å²) in [5.74, 6) is 0. The van der Waals surface area contributed by atoms with Crippen LogP contribution in [0.1, 0.15) is 56.1 Å². The Morgan fingerprint density at radius 2 is 2.29 bits per heavy atom. The van der Waals surface area contributed by atoms with Crippen LogP contribution in [-0.4, -0.2) is 18.1 Å². The average Bonchev–Trinajstić information content (AvgIpc) is 2.75. The molecule has 96 valence electrons. The second-order valence-electron chi connectivity index (χ2n) is 4.74. The van der Waals surface area contributed by atoms with Crippen molar-refractivity contribution >= 4 is 16.5 Å². The van der Waals surface area contributed by atoms with Crippen molar-refractivity contribution in [3.63, 3.8) is 0 Å². The van der Waals surface area contributed by atoms with Crippen molar-refractivity contribution in [3.8, 4) is 0 Å². The second-order valence-corrected chi connectivity index (χ2v) is 5.80. The molecule has 3 nitrogen and oxygen atoms in total. The van der Waals surface area contributed by atoms with E-state index >= 15 is 0 Å². The normalized spacial score (nSPS) is 19.1. The highest BCUT2D eigenvalue weighted by Crippen LogP contribution is 2.35. The first-order valence-corrected chi connectivity index (χ1v) is 7.58. The molecule has 0 saturated heterocycles. The molecular weight excluding hydrogens is 230 g/mol. The van der Waals surface area contributed by atoms with Gasteiger partial charge < -0.3 is 10.6 Å². The molecule has 0 aromatic carbocycles. The Balaban J connectivity index is 2.15. The summed E-state index contributed by atoms with van der Waals surface area (Å²) >= 11 is 1.86. The van der Waals surface area contributed by atoms with Crippen molar-refractivity contribution in [2.75, 3.05) is 18.0 Å². The monoisotopic (exact) mass is 253 g/mol. The SMILES string of the molecule is CCCCN(CC)c1nc2c(s1)CCCC2N. The Hall–Kier alpha value is -0.610. The minimum absolute atomic E-state index is 0.175. The molecular formula is C13H23N3S. The summed E-state index contributed by atoms with van der Waals surface area (Å²) in [6, 6.07) is 0.175. The molecule has 2 N–H and O–H groups in total. The zero-order chi connectivity index (χ0) is 12.3. The first kappa shape index (κ1) is 12.8. The summed E-state index contributed by atoms with van der Waals surface area (Å²) in [5, 5.41) is 1.18. The zero-order valence-electron chi connectivity index (χ0n) is 10.9. The molecule has 0 aliphatic heterocycles. The molecule has 1 unspecified atom stereocenters. The van der Waals surface area contributed by atoms with E-state index in [2.05, 4.69) is 18.7 Å². The number of nitrogens with zero attached hydrogens (tertiary/aromatic N) is 2. The number of anilines is 1. The highest BCUT2D eigenvalue weighted by Gasteiger charge is 2.23. The number of nitrogens with two attached hydrogens (primary N) is 1. The van der Waals surface area contributed by atoms with E-state index in [1.54, 1.807) is 0 Å². The summed E-state index contributed by atoms with van der Waals surface area (Å²) < 4.78 is 0. The van der Waals surface area contributed by atoms with Crippen LogP contribution >= 0.6 is 11.3 Å². The van der Waals surface area contributed by atoms with Gasteiger partial charge in [-0.15, -0.1) is 11.3 Å². The first-order chi connectivity index (χ1) is 8.26. The van der Waals surface area contributed by atoms with Gasteiger partial charge in [-0.2, -0.15) is 0 Å². The van der Waals surface area contributed by atoms with Crippen molar-refractivity contribution in [1.29, 1.82) is 0 Å². The van der Waals surface area contributed by atoms with Gasteiger partial charge in [0, 0.05) is 24.0 Å². The molecule has 4 heteroatoms. The number of fused-ring (bicyclic) bond motifs is 1. The number of aryl methyl sites for hydroxylation is 1. The topological polar surface area (TPSA) is 42.2 Å². The van der Waals surface area contributed by atoms with Crippen LogP contribution in [0.3, 0.4) is 0 Å². The van der Waals surface area contributed by atoms with Gasteiger partial charge in [0.25, 0.3) is 0 Å². The zero-order valence-corrected chi connectivity index (χ0v) is 11.7. The van der Waals surface area contributed by atoms with Crippen LogP contribution in [0.4, 0.5) is 5.13 Å². The molecule has 1 aliphatic rings. The Morgan fingerprint density at radius 3 is 2.94 bits per heavy atom. The van der Waals surface area contributed by atoms with Crippen molar-refractivity contribution in [1.82, 2.24) is 4.98 Å². The fraction of sp³-hybridized carbons (Fsp3) is 0.769. The number of aromatic nitrogens is 1. The van der Waals surface area contributed by atoms with Crippen LogP contribution in [0.5, 0.6) is 0 Å². The maximum Gasteiger partial charge on any atom is 0.185 e. The number of thiazole rings is 1. The first-order valence-electron chi connectivity index (χ1n) is 6.76. The molecule has 0 radical (unpaired) electrons. The van der Waals surface area contributed by atoms with Gasteiger partial charge in [-0.05, 0) is 32.6 Å². The standard InChI is InChI=1S/C13H23N3S/c1-3-5-9-16(4-2)13-15-12-10(14)7-6-8-11(12)17-13/h10H,3-9,14H2,1-2H3. The van der Waals surface area contributed by atoms with Gasteiger partial charge in [-0.1, -0.05) is 13.3 Å². The van der Waals surface area contributed by atoms with E-state index in [9.17, 15) is 0 Å². The summed E-state index contributed by atoms with van der Waals surface area (Å²) in [6.45, 7) is 6.60. The van der Waals surface area contributed by atoms with E-state index in [-0.39, 0.29) is 6.04 Å². The number of unbranched alkanes of at least 4 members (excludes halogenated alkanes) is 1. The maximum absolute atomic E-state index is 6.13. The largest absolute Gasteiger partial charge is 0.348 e. The predicted octanol–water partition coefficient (Wildman–Crippen LogP) is 3.11. The molecule has 2 rings (SSSR count). The summed E-state index contributed by atoms with van der Waals surface area (Å²) in [7, 11) is 0. The lowest BCUT2D eigenvalue weighted by Gasteiger charge is -2.19. The summed E-state index contributed by atoms with van der Waals surface area (Å²) in [4.78, 5) is 8.59. The van der Waals surface area contributed by atoms with Gasteiger partial charge in [0.1, 0.15) is 0 Å². The number of rotatable bonds is 5. The third-order valence-electron chi connectivity index (χ3n) is 3.42. The van der Waals surface area contributed by atoms with Crippen LogP contribution in [0.25, 0.3) is 0 Å². The third kappa shape index (κ3) is 2.80. The van der Waals surface area contributed by atoms with Crippen LogP contribution < -0.4 is 10.6 Å². The van der Waals surface area contributed by atoms with Crippen LogP contribution in [-0.2, 0) is 6.42 Å². The van der Waals surface area contributed by atoms with E-state index < -0.39 is 0 Å². The molecule has 1 aromatic rings. The molecule has 1 heterocycles. The molecule has 1 atom stereocenters. The molecule has 0 spiro atoms. The van der Waals surface area contributed by atoms with E-state index in [0.717, 1.165) is 19.5 Å².